The lowest BCUT2D eigenvalue weighted by molar-refractivity contribution is 0.376. The molecule has 0 saturated heterocycles. The van der Waals surface area contributed by atoms with Crippen molar-refractivity contribution in [1.29, 1.82) is 0 Å². The first-order valence-corrected chi connectivity index (χ1v) is 7.62. The predicted molar refractivity (Wildman–Crippen MR) is 84.3 cm³/mol. The predicted octanol–water partition coefficient (Wildman–Crippen LogP) is 4.71. The zero-order chi connectivity index (χ0) is 14.7. The molecule has 1 saturated carbocycles. The van der Waals surface area contributed by atoms with E-state index in [4.69, 9.17) is 5.11 Å². The summed E-state index contributed by atoms with van der Waals surface area (Å²) in [4.78, 5) is 0. The maximum Gasteiger partial charge on any atom is 0.122 e. The first-order chi connectivity index (χ1) is 10.1. The van der Waals surface area contributed by atoms with Gasteiger partial charge in [0.25, 0.3) is 0 Å². The van der Waals surface area contributed by atoms with Gasteiger partial charge in [0.05, 0.1) is 11.0 Å². The van der Waals surface area contributed by atoms with Gasteiger partial charge in [-0.2, -0.15) is 10.2 Å². The van der Waals surface area contributed by atoms with Gasteiger partial charge in [0.15, 0.2) is 0 Å². The summed E-state index contributed by atoms with van der Waals surface area (Å²) in [5.41, 5.74) is 2.25. The zero-order valence-electron chi connectivity index (χ0n) is 12.7. The molecule has 2 heteroatoms. The van der Waals surface area contributed by atoms with Gasteiger partial charge in [0.2, 0.25) is 0 Å². The van der Waals surface area contributed by atoms with Crippen LogP contribution in [0.25, 0.3) is 0 Å². The summed E-state index contributed by atoms with van der Waals surface area (Å²) in [5.74, 6) is 0.460. The molecule has 0 N–H and O–H groups in total. The van der Waals surface area contributed by atoms with E-state index in [1.165, 1.54) is 11.1 Å². The highest BCUT2D eigenvalue weighted by Crippen LogP contribution is 2.78. The number of fused-ring (bicyclic) bond motifs is 1. The fourth-order valence-corrected chi connectivity index (χ4v) is 4.84. The van der Waals surface area contributed by atoms with E-state index in [-0.39, 0.29) is 16.5 Å². The van der Waals surface area contributed by atoms with Crippen LogP contribution >= 0.6 is 0 Å². The van der Waals surface area contributed by atoms with Gasteiger partial charge in [0, 0.05) is 5.92 Å². The Bertz CT molecular complexity index is 705. The van der Waals surface area contributed by atoms with E-state index in [1.54, 1.807) is 0 Å². The summed E-state index contributed by atoms with van der Waals surface area (Å²) in [5, 5.41) is 9.49. The fraction of sp³-hybridized carbons (Fsp3) is 0.368. The molecule has 1 aliphatic heterocycles. The van der Waals surface area contributed by atoms with Gasteiger partial charge in [0.1, 0.15) is 5.54 Å². The minimum atomic E-state index is -0.195. The smallest absolute Gasteiger partial charge is 0.122 e. The molecule has 0 radical (unpaired) electrons. The van der Waals surface area contributed by atoms with Gasteiger partial charge in [-0.3, -0.25) is 0 Å². The minimum Gasteiger partial charge on any atom is -0.186 e. The van der Waals surface area contributed by atoms with Gasteiger partial charge < -0.3 is 0 Å². The van der Waals surface area contributed by atoms with Crippen LogP contribution in [-0.4, -0.2) is 5.54 Å². The summed E-state index contributed by atoms with van der Waals surface area (Å²) in [7, 11) is 0. The number of azo groups is 1. The van der Waals surface area contributed by atoms with Gasteiger partial charge in [-0.15, -0.1) is 0 Å². The fourth-order valence-electron chi connectivity index (χ4n) is 4.84. The van der Waals surface area contributed by atoms with Crippen LogP contribution < -0.4 is 0 Å². The van der Waals surface area contributed by atoms with Crippen molar-refractivity contribution in [2.75, 3.05) is 0 Å². The Morgan fingerprint density at radius 3 is 1.86 bits per heavy atom. The molecular weight excluding hydrogens is 256 g/mol. The van der Waals surface area contributed by atoms with E-state index >= 15 is 0 Å². The van der Waals surface area contributed by atoms with Gasteiger partial charge >= 0.3 is 0 Å². The molecule has 21 heavy (non-hydrogen) atoms. The molecule has 2 aromatic carbocycles. The first kappa shape index (κ1) is 12.8. The topological polar surface area (TPSA) is 24.7 Å². The van der Waals surface area contributed by atoms with Crippen molar-refractivity contribution in [1.82, 2.24) is 0 Å². The van der Waals surface area contributed by atoms with Gasteiger partial charge in [-0.1, -0.05) is 67.6 Å². The monoisotopic (exact) mass is 276 g/mol. The van der Waals surface area contributed by atoms with E-state index in [9.17, 15) is 0 Å². The standard InChI is InChI=1S/C19H20N2/c1-14-18(15-10-6-4-7-11-15)17(2,3)20-21-19(14,18)16-12-8-5-9-13-16/h4-14H,1-3H3/t14-,18+,19-/m0/s1. The lowest BCUT2D eigenvalue weighted by Crippen LogP contribution is -2.36. The Labute approximate surface area is 125 Å². The van der Waals surface area contributed by atoms with E-state index in [0.717, 1.165) is 0 Å². The molecule has 3 atom stereocenters. The third-order valence-corrected chi connectivity index (χ3v) is 5.66. The lowest BCUT2D eigenvalue weighted by atomic mass is 9.74. The molecule has 2 aliphatic rings. The number of nitrogens with zero attached hydrogens (tertiary/aromatic N) is 2. The quantitative estimate of drug-likeness (QED) is 0.758. The summed E-state index contributed by atoms with van der Waals surface area (Å²) in [6.45, 7) is 6.76. The third kappa shape index (κ3) is 1.25. The molecule has 0 unspecified atom stereocenters. The second-order valence-corrected chi connectivity index (χ2v) is 6.79. The third-order valence-electron chi connectivity index (χ3n) is 5.66. The molecule has 1 heterocycles. The van der Waals surface area contributed by atoms with E-state index in [2.05, 4.69) is 86.5 Å². The van der Waals surface area contributed by atoms with Crippen LogP contribution in [0.5, 0.6) is 0 Å². The van der Waals surface area contributed by atoms with Crippen LogP contribution in [0.2, 0.25) is 0 Å². The Morgan fingerprint density at radius 1 is 0.762 bits per heavy atom. The molecule has 0 bridgehead atoms. The van der Waals surface area contributed by atoms with Crippen LogP contribution in [0.15, 0.2) is 70.9 Å². The van der Waals surface area contributed by atoms with Crippen LogP contribution in [0.3, 0.4) is 0 Å². The molecule has 0 amide bonds. The molecular formula is C19H20N2. The maximum atomic E-state index is 4.82. The number of rotatable bonds is 2. The van der Waals surface area contributed by atoms with Crippen LogP contribution in [0.1, 0.15) is 31.9 Å². The highest BCUT2D eigenvalue weighted by Gasteiger charge is 2.85. The molecule has 0 aromatic heterocycles. The van der Waals surface area contributed by atoms with E-state index in [0.29, 0.717) is 5.92 Å². The molecule has 106 valence electrons. The number of hydrogen-bond donors (Lipinski definition) is 0. The average Bonchev–Trinajstić information content (AvgIpc) is 2.97. The number of benzene rings is 2. The maximum absolute atomic E-state index is 4.82. The molecule has 1 fully saturated rings. The molecule has 4 rings (SSSR count). The minimum absolute atomic E-state index is 0.0252. The summed E-state index contributed by atoms with van der Waals surface area (Å²) in [6, 6.07) is 21.5. The van der Waals surface area contributed by atoms with Crippen LogP contribution in [0, 0.1) is 5.92 Å². The van der Waals surface area contributed by atoms with E-state index in [1.807, 2.05) is 0 Å². The van der Waals surface area contributed by atoms with Crippen molar-refractivity contribution in [3.05, 3.63) is 71.8 Å². The normalized spacial score (nSPS) is 35.5. The summed E-state index contributed by atoms with van der Waals surface area (Å²) < 4.78 is 0. The Hall–Kier alpha value is -1.96. The lowest BCUT2D eigenvalue weighted by Gasteiger charge is -2.29. The molecule has 0 spiro atoms. The SMILES string of the molecule is C[C@@H]1[C@@]2(c3ccccc3)N=NC(C)(C)[C@]12c1ccccc1. The highest BCUT2D eigenvalue weighted by molar-refractivity contribution is 5.56. The largest absolute Gasteiger partial charge is 0.186 e. The second-order valence-electron chi connectivity index (χ2n) is 6.79. The van der Waals surface area contributed by atoms with Gasteiger partial charge in [-0.25, -0.2) is 0 Å². The highest BCUT2D eigenvalue weighted by atomic mass is 15.3. The summed E-state index contributed by atoms with van der Waals surface area (Å²) >= 11 is 0. The Kier molecular flexibility index (Phi) is 2.32. The van der Waals surface area contributed by atoms with E-state index < -0.39 is 0 Å². The summed E-state index contributed by atoms with van der Waals surface area (Å²) in [6.07, 6.45) is 0. The van der Waals surface area contributed by atoms with Crippen molar-refractivity contribution in [3.63, 3.8) is 0 Å². The van der Waals surface area contributed by atoms with Crippen molar-refractivity contribution >= 4 is 0 Å². The number of hydrogen-bond acceptors (Lipinski definition) is 2. The van der Waals surface area contributed by atoms with Crippen LogP contribution in [-0.2, 0) is 11.0 Å². The average molecular weight is 276 g/mol. The van der Waals surface area contributed by atoms with Crippen molar-refractivity contribution in [2.24, 2.45) is 16.1 Å². The Morgan fingerprint density at radius 2 is 1.29 bits per heavy atom. The van der Waals surface area contributed by atoms with Gasteiger partial charge in [-0.05, 0) is 25.0 Å². The van der Waals surface area contributed by atoms with Crippen molar-refractivity contribution < 1.29 is 0 Å². The second kappa shape index (κ2) is 3.82. The molecule has 2 aromatic rings. The zero-order valence-corrected chi connectivity index (χ0v) is 12.7. The molecule has 2 nitrogen and oxygen atoms in total. The first-order valence-electron chi connectivity index (χ1n) is 7.62. The molecule has 1 aliphatic carbocycles. The van der Waals surface area contributed by atoms with Crippen molar-refractivity contribution in [3.8, 4) is 0 Å². The Balaban J connectivity index is 1.97. The van der Waals surface area contributed by atoms with Crippen LogP contribution in [0.4, 0.5) is 0 Å². The van der Waals surface area contributed by atoms with Crippen molar-refractivity contribution in [2.45, 2.75) is 37.3 Å².